The minimum absolute atomic E-state index is 0.248. The largest absolute Gasteiger partial charge is 0.446 e. The summed E-state index contributed by atoms with van der Waals surface area (Å²) in [6, 6.07) is 3.65. The molecule has 1 amide bonds. The monoisotopic (exact) mass is 265 g/mol. The molecule has 0 saturated heterocycles. The minimum atomic E-state index is -0.260. The van der Waals surface area contributed by atoms with Crippen LogP contribution in [0.2, 0.25) is 0 Å². The van der Waals surface area contributed by atoms with Crippen molar-refractivity contribution in [2.45, 2.75) is 25.9 Å². The number of oxazole rings is 1. The molecule has 0 fully saturated rings. The average molecular weight is 265 g/mol. The van der Waals surface area contributed by atoms with E-state index in [4.69, 9.17) is 10.2 Å². The fourth-order valence-electron chi connectivity index (χ4n) is 1.41. The highest BCUT2D eigenvalue weighted by atomic mass is 32.1. The first kappa shape index (κ1) is 12.8. The molecule has 6 heteroatoms. The van der Waals surface area contributed by atoms with Crippen LogP contribution in [-0.2, 0) is 6.54 Å². The van der Waals surface area contributed by atoms with Gasteiger partial charge in [0.25, 0.3) is 5.91 Å². The van der Waals surface area contributed by atoms with Crippen LogP contribution in [0.25, 0.3) is 0 Å². The van der Waals surface area contributed by atoms with Gasteiger partial charge in [-0.25, -0.2) is 4.98 Å². The molecular weight excluding hydrogens is 250 g/mol. The smallest absolute Gasteiger partial charge is 0.273 e. The van der Waals surface area contributed by atoms with Gasteiger partial charge in [0.1, 0.15) is 6.26 Å². The Morgan fingerprint density at radius 3 is 3.17 bits per heavy atom. The number of rotatable bonds is 5. The molecule has 96 valence electrons. The second kappa shape index (κ2) is 5.79. The Labute approximate surface area is 109 Å². The van der Waals surface area contributed by atoms with Crippen LogP contribution in [0.4, 0.5) is 0 Å². The highest BCUT2D eigenvalue weighted by Gasteiger charge is 2.15. The van der Waals surface area contributed by atoms with Crippen LogP contribution in [0.3, 0.4) is 0 Å². The molecule has 1 unspecified atom stereocenters. The Bertz CT molecular complexity index is 507. The average Bonchev–Trinajstić information content (AvgIpc) is 3.05. The third kappa shape index (κ3) is 2.96. The first-order chi connectivity index (χ1) is 8.70. The van der Waals surface area contributed by atoms with Crippen molar-refractivity contribution in [3.05, 3.63) is 40.2 Å². The second-order valence-electron chi connectivity index (χ2n) is 3.85. The molecule has 0 saturated carbocycles. The van der Waals surface area contributed by atoms with Crippen LogP contribution >= 0.6 is 11.3 Å². The van der Waals surface area contributed by atoms with Crippen molar-refractivity contribution in [1.82, 2.24) is 10.3 Å². The maximum Gasteiger partial charge on any atom is 0.273 e. The summed E-state index contributed by atoms with van der Waals surface area (Å²) >= 11 is 1.60. The van der Waals surface area contributed by atoms with Crippen LogP contribution in [0.15, 0.2) is 28.2 Å². The first-order valence-corrected chi connectivity index (χ1v) is 6.60. The van der Waals surface area contributed by atoms with Gasteiger partial charge in [0.05, 0.1) is 12.6 Å². The van der Waals surface area contributed by atoms with Crippen LogP contribution < -0.4 is 11.1 Å². The number of amides is 1. The predicted octanol–water partition coefficient (Wildman–Crippen LogP) is 2.08. The quantitative estimate of drug-likeness (QED) is 0.867. The maximum atomic E-state index is 11.8. The van der Waals surface area contributed by atoms with Gasteiger partial charge in [-0.3, -0.25) is 4.79 Å². The summed E-state index contributed by atoms with van der Waals surface area (Å²) in [4.78, 5) is 17.0. The summed E-state index contributed by atoms with van der Waals surface area (Å²) in [5.74, 6) is 0.153. The van der Waals surface area contributed by atoms with Gasteiger partial charge in [-0.05, 0) is 17.9 Å². The number of nitrogens with two attached hydrogens (primary N) is 1. The Morgan fingerprint density at radius 1 is 1.67 bits per heavy atom. The normalized spacial score (nSPS) is 12.3. The van der Waals surface area contributed by atoms with Crippen LogP contribution in [0, 0.1) is 0 Å². The summed E-state index contributed by atoms with van der Waals surface area (Å²) < 4.78 is 5.18. The van der Waals surface area contributed by atoms with E-state index >= 15 is 0 Å². The van der Waals surface area contributed by atoms with Gasteiger partial charge in [-0.15, -0.1) is 11.3 Å². The van der Waals surface area contributed by atoms with Gasteiger partial charge in [0.2, 0.25) is 5.89 Å². The lowest BCUT2D eigenvalue weighted by atomic mass is 10.2. The molecule has 2 rings (SSSR count). The Hall–Kier alpha value is -1.66. The molecule has 2 aromatic heterocycles. The van der Waals surface area contributed by atoms with Gasteiger partial charge in [-0.2, -0.15) is 0 Å². The van der Waals surface area contributed by atoms with Crippen molar-refractivity contribution in [2.24, 2.45) is 5.73 Å². The number of carbonyl (C=O) groups excluding carboxylic acids is 1. The number of thiophene rings is 1. The van der Waals surface area contributed by atoms with E-state index in [0.29, 0.717) is 12.4 Å². The Balaban J connectivity index is 1.94. The maximum absolute atomic E-state index is 11.8. The fraction of sp³-hybridized carbons (Fsp3) is 0.333. The molecule has 0 aliphatic rings. The van der Waals surface area contributed by atoms with E-state index in [-0.39, 0.29) is 17.6 Å². The molecule has 0 bridgehead atoms. The Morgan fingerprint density at radius 2 is 2.50 bits per heavy atom. The van der Waals surface area contributed by atoms with E-state index in [1.165, 1.54) is 6.26 Å². The second-order valence-corrected chi connectivity index (χ2v) is 4.88. The molecule has 2 heterocycles. The van der Waals surface area contributed by atoms with Crippen molar-refractivity contribution in [2.75, 3.05) is 0 Å². The molecule has 2 aromatic rings. The van der Waals surface area contributed by atoms with E-state index in [0.717, 1.165) is 11.3 Å². The Kier molecular flexibility index (Phi) is 4.11. The van der Waals surface area contributed by atoms with E-state index in [1.807, 2.05) is 24.4 Å². The summed E-state index contributed by atoms with van der Waals surface area (Å²) in [5.41, 5.74) is 6.04. The molecule has 0 spiro atoms. The van der Waals surface area contributed by atoms with E-state index in [2.05, 4.69) is 10.3 Å². The van der Waals surface area contributed by atoms with Gasteiger partial charge in [0.15, 0.2) is 5.69 Å². The molecule has 1 atom stereocenters. The number of carbonyl (C=O) groups is 1. The molecule has 18 heavy (non-hydrogen) atoms. The summed E-state index contributed by atoms with van der Waals surface area (Å²) in [7, 11) is 0. The molecule has 3 N–H and O–H groups in total. The van der Waals surface area contributed by atoms with E-state index in [9.17, 15) is 4.79 Å². The van der Waals surface area contributed by atoms with E-state index in [1.54, 1.807) is 11.3 Å². The zero-order valence-corrected chi connectivity index (χ0v) is 10.9. The van der Waals surface area contributed by atoms with Crippen molar-refractivity contribution in [3.63, 3.8) is 0 Å². The van der Waals surface area contributed by atoms with Gasteiger partial charge in [0, 0.05) is 4.88 Å². The lowest BCUT2D eigenvalue weighted by Gasteiger charge is -2.01. The van der Waals surface area contributed by atoms with Crippen LogP contribution in [-0.4, -0.2) is 10.9 Å². The fourth-order valence-corrected chi connectivity index (χ4v) is 2.05. The highest BCUT2D eigenvalue weighted by molar-refractivity contribution is 7.09. The third-order valence-electron chi connectivity index (χ3n) is 2.51. The number of hydrogen-bond donors (Lipinski definition) is 2. The lowest BCUT2D eigenvalue weighted by molar-refractivity contribution is 0.0946. The SMILES string of the molecule is CCC(N)c1nc(C(=O)NCc2cccs2)co1. The predicted molar refractivity (Wildman–Crippen MR) is 69.2 cm³/mol. The highest BCUT2D eigenvalue weighted by Crippen LogP contribution is 2.13. The minimum Gasteiger partial charge on any atom is -0.446 e. The van der Waals surface area contributed by atoms with E-state index < -0.39 is 0 Å². The van der Waals surface area contributed by atoms with Crippen LogP contribution in [0.1, 0.15) is 40.6 Å². The summed E-state index contributed by atoms with van der Waals surface area (Å²) in [5, 5.41) is 4.75. The molecule has 0 radical (unpaired) electrons. The van der Waals surface area contributed by atoms with Crippen LogP contribution in [0.5, 0.6) is 0 Å². The number of nitrogens with one attached hydrogen (secondary N) is 1. The summed E-state index contributed by atoms with van der Waals surface area (Å²) in [6.07, 6.45) is 2.06. The van der Waals surface area contributed by atoms with Crippen molar-refractivity contribution in [1.29, 1.82) is 0 Å². The number of aromatic nitrogens is 1. The summed E-state index contributed by atoms with van der Waals surface area (Å²) in [6.45, 7) is 2.43. The number of hydrogen-bond acceptors (Lipinski definition) is 5. The van der Waals surface area contributed by atoms with Crippen molar-refractivity contribution >= 4 is 17.2 Å². The van der Waals surface area contributed by atoms with Crippen molar-refractivity contribution in [3.8, 4) is 0 Å². The van der Waals surface area contributed by atoms with Crippen molar-refractivity contribution < 1.29 is 9.21 Å². The zero-order valence-electron chi connectivity index (χ0n) is 10.1. The zero-order chi connectivity index (χ0) is 13.0. The number of nitrogens with zero attached hydrogens (tertiary/aromatic N) is 1. The third-order valence-corrected chi connectivity index (χ3v) is 3.39. The molecular formula is C12H15N3O2S. The molecule has 0 aliphatic heterocycles. The first-order valence-electron chi connectivity index (χ1n) is 5.72. The van der Waals surface area contributed by atoms with Gasteiger partial charge < -0.3 is 15.5 Å². The van der Waals surface area contributed by atoms with Gasteiger partial charge >= 0.3 is 0 Å². The van der Waals surface area contributed by atoms with Gasteiger partial charge in [-0.1, -0.05) is 13.0 Å². The molecule has 0 aromatic carbocycles. The molecule has 0 aliphatic carbocycles. The topological polar surface area (TPSA) is 81.1 Å². The standard InChI is InChI=1S/C12H15N3O2S/c1-2-9(13)12-15-10(7-17-12)11(16)14-6-8-4-3-5-18-8/h3-5,7,9H,2,6,13H2,1H3,(H,14,16). The molecule has 5 nitrogen and oxygen atoms in total. The lowest BCUT2D eigenvalue weighted by Crippen LogP contribution is -2.22.